The summed E-state index contributed by atoms with van der Waals surface area (Å²) in [6.45, 7) is 7.45. The molecule has 0 fully saturated rings. The van der Waals surface area contributed by atoms with Crippen LogP contribution in [0.5, 0.6) is 11.5 Å². The van der Waals surface area contributed by atoms with E-state index in [2.05, 4.69) is 34.8 Å². The zero-order valence-corrected chi connectivity index (χ0v) is 13.3. The summed E-state index contributed by atoms with van der Waals surface area (Å²) in [6.07, 6.45) is 0.903. The average molecular weight is 305 g/mol. The molecule has 0 atom stereocenters. The molecule has 1 N–H and O–H groups in total. The number of ether oxygens (including phenoxy) is 2. The minimum Gasteiger partial charge on any atom is -0.483 e. The Labute approximate surface area is 128 Å². The largest absolute Gasteiger partial charge is 0.483 e. The minimum atomic E-state index is -0.168. The molecule has 0 saturated carbocycles. The maximum Gasteiger partial charge on any atom is 0.165 e. The number of hydrogen-bond donors (Lipinski definition) is 1. The van der Waals surface area contributed by atoms with Crippen molar-refractivity contribution in [1.29, 1.82) is 0 Å². The second-order valence-electron chi connectivity index (χ2n) is 5.65. The lowest BCUT2D eigenvalue weighted by atomic mass is 10.0. The molecule has 1 aromatic heterocycles. The Morgan fingerprint density at radius 3 is 3.10 bits per heavy atom. The van der Waals surface area contributed by atoms with Crippen molar-refractivity contribution in [2.24, 2.45) is 0 Å². The summed E-state index contributed by atoms with van der Waals surface area (Å²) in [4.78, 5) is 0. The van der Waals surface area contributed by atoms with Crippen molar-refractivity contribution >= 4 is 16.5 Å². The highest BCUT2D eigenvalue weighted by atomic mass is 32.1. The van der Waals surface area contributed by atoms with Gasteiger partial charge in [0, 0.05) is 30.1 Å². The molecule has 3 rings (SSSR count). The first-order valence-corrected chi connectivity index (χ1v) is 7.85. The molecular formula is C15H19N3O2S. The Hall–Kier alpha value is -1.82. The van der Waals surface area contributed by atoms with E-state index in [1.165, 1.54) is 17.1 Å². The fraction of sp³-hybridized carbons (Fsp3) is 0.467. The number of aromatic nitrogens is 2. The smallest absolute Gasteiger partial charge is 0.165 e. The van der Waals surface area contributed by atoms with Gasteiger partial charge in [-0.1, -0.05) is 16.6 Å². The van der Waals surface area contributed by atoms with E-state index in [9.17, 15) is 0 Å². The number of rotatable bonds is 5. The standard InChI is InChI=1S/C15H19N3O2S/c1-4-16-14-11(17-18-21-14)9-19-12-7-5-6-10-8-15(2,3)20-13(10)12/h5-7,16H,4,8-9H2,1-3H3. The van der Waals surface area contributed by atoms with E-state index < -0.39 is 0 Å². The summed E-state index contributed by atoms with van der Waals surface area (Å²) in [5.41, 5.74) is 1.86. The highest BCUT2D eigenvalue weighted by Crippen LogP contribution is 2.42. The number of nitrogens with zero attached hydrogens (tertiary/aromatic N) is 2. The topological polar surface area (TPSA) is 56.3 Å². The summed E-state index contributed by atoms with van der Waals surface area (Å²) >= 11 is 1.35. The van der Waals surface area contributed by atoms with Gasteiger partial charge < -0.3 is 14.8 Å². The normalized spacial score (nSPS) is 15.4. The predicted octanol–water partition coefficient (Wildman–Crippen LogP) is 3.26. The van der Waals surface area contributed by atoms with Crippen LogP contribution in [0, 0.1) is 0 Å². The minimum absolute atomic E-state index is 0.168. The first-order chi connectivity index (χ1) is 10.1. The number of hydrogen-bond acceptors (Lipinski definition) is 6. The van der Waals surface area contributed by atoms with Gasteiger partial charge in [0.1, 0.15) is 22.9 Å². The average Bonchev–Trinajstić information content (AvgIpc) is 2.99. The monoisotopic (exact) mass is 305 g/mol. The molecule has 5 nitrogen and oxygen atoms in total. The van der Waals surface area contributed by atoms with E-state index >= 15 is 0 Å². The molecule has 0 aliphatic carbocycles. The molecule has 0 radical (unpaired) electrons. The van der Waals surface area contributed by atoms with Crippen molar-refractivity contribution in [3.63, 3.8) is 0 Å². The van der Waals surface area contributed by atoms with Crippen molar-refractivity contribution in [3.05, 3.63) is 29.5 Å². The van der Waals surface area contributed by atoms with E-state index in [1.807, 2.05) is 19.1 Å². The summed E-state index contributed by atoms with van der Waals surface area (Å²) in [5, 5.41) is 8.32. The lowest BCUT2D eigenvalue weighted by molar-refractivity contribution is 0.131. The Morgan fingerprint density at radius 2 is 2.29 bits per heavy atom. The summed E-state index contributed by atoms with van der Waals surface area (Å²) < 4.78 is 15.9. The zero-order valence-electron chi connectivity index (χ0n) is 12.5. The summed E-state index contributed by atoms with van der Waals surface area (Å²) in [7, 11) is 0. The van der Waals surface area contributed by atoms with E-state index in [0.29, 0.717) is 6.61 Å². The van der Waals surface area contributed by atoms with E-state index in [4.69, 9.17) is 9.47 Å². The van der Waals surface area contributed by atoms with Crippen LogP contribution in [0.15, 0.2) is 18.2 Å². The highest BCUT2D eigenvalue weighted by Gasteiger charge is 2.32. The fourth-order valence-corrected chi connectivity index (χ4v) is 3.08. The lowest BCUT2D eigenvalue weighted by Gasteiger charge is -2.18. The Bertz CT molecular complexity index is 640. The molecule has 2 heterocycles. The van der Waals surface area contributed by atoms with Gasteiger partial charge in [-0.25, -0.2) is 0 Å². The molecule has 112 valence electrons. The van der Waals surface area contributed by atoms with Crippen LogP contribution in [0.1, 0.15) is 32.0 Å². The van der Waals surface area contributed by atoms with Crippen LogP contribution < -0.4 is 14.8 Å². The van der Waals surface area contributed by atoms with Crippen molar-refractivity contribution < 1.29 is 9.47 Å². The number of benzene rings is 1. The van der Waals surface area contributed by atoms with Crippen molar-refractivity contribution in [2.75, 3.05) is 11.9 Å². The third-order valence-corrected chi connectivity index (χ3v) is 4.04. The van der Waals surface area contributed by atoms with Crippen LogP contribution in [0.4, 0.5) is 5.00 Å². The Kier molecular flexibility index (Phi) is 3.71. The maximum atomic E-state index is 6.00. The van der Waals surface area contributed by atoms with E-state index in [1.54, 1.807) is 0 Å². The predicted molar refractivity (Wildman–Crippen MR) is 83.3 cm³/mol. The molecule has 0 unspecified atom stereocenters. The van der Waals surface area contributed by atoms with Gasteiger partial charge in [-0.15, -0.1) is 5.10 Å². The van der Waals surface area contributed by atoms with Crippen LogP contribution in [0.2, 0.25) is 0 Å². The molecule has 0 amide bonds. The molecule has 1 aliphatic rings. The lowest BCUT2D eigenvalue weighted by Crippen LogP contribution is -2.24. The number of fused-ring (bicyclic) bond motifs is 1. The Morgan fingerprint density at radius 1 is 1.43 bits per heavy atom. The second-order valence-corrected chi connectivity index (χ2v) is 6.40. The van der Waals surface area contributed by atoms with Gasteiger partial charge in [0.15, 0.2) is 11.5 Å². The van der Waals surface area contributed by atoms with Crippen LogP contribution >= 0.6 is 11.5 Å². The van der Waals surface area contributed by atoms with Gasteiger partial charge in [-0.2, -0.15) is 0 Å². The van der Waals surface area contributed by atoms with Gasteiger partial charge >= 0.3 is 0 Å². The second kappa shape index (κ2) is 5.52. The molecule has 2 aromatic rings. The van der Waals surface area contributed by atoms with Crippen LogP contribution in [0.3, 0.4) is 0 Å². The quantitative estimate of drug-likeness (QED) is 0.919. The Balaban J connectivity index is 1.75. The van der Waals surface area contributed by atoms with Gasteiger partial charge in [0.05, 0.1) is 0 Å². The number of anilines is 1. The molecular weight excluding hydrogens is 286 g/mol. The van der Waals surface area contributed by atoms with Crippen molar-refractivity contribution in [1.82, 2.24) is 9.59 Å². The van der Waals surface area contributed by atoms with Gasteiger partial charge in [-0.3, -0.25) is 0 Å². The third-order valence-electron chi connectivity index (χ3n) is 3.31. The van der Waals surface area contributed by atoms with Crippen LogP contribution in [-0.2, 0) is 13.0 Å². The molecule has 0 saturated heterocycles. The molecule has 6 heteroatoms. The first kappa shape index (κ1) is 14.1. The molecule has 1 aliphatic heterocycles. The first-order valence-electron chi connectivity index (χ1n) is 7.08. The molecule has 1 aromatic carbocycles. The molecule has 0 spiro atoms. The van der Waals surface area contributed by atoms with Crippen LogP contribution in [-0.4, -0.2) is 21.7 Å². The number of nitrogens with one attached hydrogen (secondary N) is 1. The van der Waals surface area contributed by atoms with Crippen molar-refractivity contribution in [3.8, 4) is 11.5 Å². The van der Waals surface area contributed by atoms with E-state index in [0.717, 1.165) is 35.2 Å². The van der Waals surface area contributed by atoms with Crippen LogP contribution in [0.25, 0.3) is 0 Å². The summed E-state index contributed by atoms with van der Waals surface area (Å²) in [6, 6.07) is 6.03. The molecule has 21 heavy (non-hydrogen) atoms. The highest BCUT2D eigenvalue weighted by molar-refractivity contribution is 7.10. The maximum absolute atomic E-state index is 6.00. The van der Waals surface area contributed by atoms with Crippen molar-refractivity contribution in [2.45, 2.75) is 39.4 Å². The summed E-state index contributed by atoms with van der Waals surface area (Å²) in [5.74, 6) is 1.63. The number of para-hydroxylation sites is 1. The third kappa shape index (κ3) is 2.95. The fourth-order valence-electron chi connectivity index (χ4n) is 2.45. The van der Waals surface area contributed by atoms with Gasteiger partial charge in [0.25, 0.3) is 0 Å². The van der Waals surface area contributed by atoms with Gasteiger partial charge in [0.2, 0.25) is 0 Å². The SMILES string of the molecule is CCNc1snnc1COc1cccc2c1OC(C)(C)C2. The van der Waals surface area contributed by atoms with E-state index in [-0.39, 0.29) is 5.60 Å². The van der Waals surface area contributed by atoms with Gasteiger partial charge in [-0.05, 0) is 26.8 Å². The zero-order chi connectivity index (χ0) is 14.9. The molecule has 0 bridgehead atoms.